The summed E-state index contributed by atoms with van der Waals surface area (Å²) in [5, 5.41) is 0. The van der Waals surface area contributed by atoms with Gasteiger partial charge in [0.15, 0.2) is 0 Å². The normalized spacial score (nSPS) is 32.0. The molecule has 3 nitrogen and oxygen atoms in total. The molecule has 0 saturated heterocycles. The van der Waals surface area contributed by atoms with Gasteiger partial charge in [0, 0.05) is 12.4 Å². The molecule has 1 aromatic rings. The lowest BCUT2D eigenvalue weighted by molar-refractivity contribution is 0.412. The van der Waals surface area contributed by atoms with Crippen LogP contribution in [-0.2, 0) is 5.54 Å². The van der Waals surface area contributed by atoms with Gasteiger partial charge in [0.2, 0.25) is 0 Å². The van der Waals surface area contributed by atoms with E-state index in [1.165, 1.54) is 12.8 Å². The fourth-order valence-corrected chi connectivity index (χ4v) is 2.32. The molecule has 0 radical (unpaired) electrons. The maximum Gasteiger partial charge on any atom is 0.0785 e. The standard InChI is InChI=1S/C11H17N3/c1-2-9-3-4-11(12,7-9)10-8-13-5-6-14-10/h5-6,8-9H,2-4,7,12H2,1H3. The smallest absolute Gasteiger partial charge is 0.0785 e. The van der Waals surface area contributed by atoms with Gasteiger partial charge in [-0.3, -0.25) is 9.97 Å². The van der Waals surface area contributed by atoms with Crippen molar-refractivity contribution in [2.45, 2.75) is 38.1 Å². The third-order valence-electron chi connectivity index (χ3n) is 3.30. The quantitative estimate of drug-likeness (QED) is 0.776. The monoisotopic (exact) mass is 191 g/mol. The number of nitrogens with two attached hydrogens (primary N) is 1. The van der Waals surface area contributed by atoms with Crippen molar-refractivity contribution in [2.24, 2.45) is 11.7 Å². The minimum Gasteiger partial charge on any atom is -0.320 e. The molecule has 2 atom stereocenters. The highest BCUT2D eigenvalue weighted by atomic mass is 14.9. The Labute approximate surface area is 84.8 Å². The molecule has 0 aromatic carbocycles. The molecule has 1 heterocycles. The van der Waals surface area contributed by atoms with E-state index >= 15 is 0 Å². The van der Waals surface area contributed by atoms with Crippen LogP contribution in [0.4, 0.5) is 0 Å². The summed E-state index contributed by atoms with van der Waals surface area (Å²) in [5.74, 6) is 0.766. The number of aromatic nitrogens is 2. The Morgan fingerprint density at radius 2 is 2.43 bits per heavy atom. The lowest BCUT2D eigenvalue weighted by Crippen LogP contribution is -2.34. The van der Waals surface area contributed by atoms with Crippen LogP contribution in [0.1, 0.15) is 38.3 Å². The molecule has 0 aliphatic heterocycles. The Balaban J connectivity index is 2.19. The van der Waals surface area contributed by atoms with E-state index < -0.39 is 0 Å². The van der Waals surface area contributed by atoms with Gasteiger partial charge >= 0.3 is 0 Å². The predicted molar refractivity (Wildman–Crippen MR) is 55.5 cm³/mol. The van der Waals surface area contributed by atoms with E-state index in [4.69, 9.17) is 5.73 Å². The fraction of sp³-hybridized carbons (Fsp3) is 0.636. The SMILES string of the molecule is CCC1CCC(N)(c2cnccn2)C1. The minimum absolute atomic E-state index is 0.213. The van der Waals surface area contributed by atoms with E-state index in [0.29, 0.717) is 0 Å². The van der Waals surface area contributed by atoms with Crippen molar-refractivity contribution in [3.05, 3.63) is 24.3 Å². The number of nitrogens with zero attached hydrogens (tertiary/aromatic N) is 2. The van der Waals surface area contributed by atoms with Crippen LogP contribution >= 0.6 is 0 Å². The zero-order valence-electron chi connectivity index (χ0n) is 8.61. The molecule has 1 aromatic heterocycles. The molecule has 0 amide bonds. The molecule has 76 valence electrons. The Kier molecular flexibility index (Phi) is 2.50. The molecule has 14 heavy (non-hydrogen) atoms. The van der Waals surface area contributed by atoms with Crippen LogP contribution < -0.4 is 5.73 Å². The lowest BCUT2D eigenvalue weighted by Gasteiger charge is -2.22. The number of hydrogen-bond acceptors (Lipinski definition) is 3. The van der Waals surface area contributed by atoms with E-state index in [-0.39, 0.29) is 5.54 Å². The third kappa shape index (κ3) is 1.64. The van der Waals surface area contributed by atoms with E-state index in [9.17, 15) is 0 Å². The highest BCUT2D eigenvalue weighted by Crippen LogP contribution is 2.40. The average molecular weight is 191 g/mol. The van der Waals surface area contributed by atoms with Crippen molar-refractivity contribution in [3.63, 3.8) is 0 Å². The first-order chi connectivity index (χ1) is 6.74. The topological polar surface area (TPSA) is 51.8 Å². The van der Waals surface area contributed by atoms with Gasteiger partial charge in [0.05, 0.1) is 17.4 Å². The van der Waals surface area contributed by atoms with Gasteiger partial charge < -0.3 is 5.73 Å². The predicted octanol–water partition coefficient (Wildman–Crippen LogP) is 1.84. The summed E-state index contributed by atoms with van der Waals surface area (Å²) in [6.45, 7) is 2.23. The van der Waals surface area contributed by atoms with Crippen molar-refractivity contribution < 1.29 is 0 Å². The molecular weight excluding hydrogens is 174 g/mol. The summed E-state index contributed by atoms with van der Waals surface area (Å²) in [6, 6.07) is 0. The molecule has 2 rings (SSSR count). The Morgan fingerprint density at radius 1 is 1.57 bits per heavy atom. The zero-order valence-corrected chi connectivity index (χ0v) is 8.61. The van der Waals surface area contributed by atoms with E-state index in [1.807, 2.05) is 0 Å². The van der Waals surface area contributed by atoms with Gasteiger partial charge in [-0.2, -0.15) is 0 Å². The van der Waals surface area contributed by atoms with Crippen LogP contribution in [0.25, 0.3) is 0 Å². The molecule has 0 spiro atoms. The van der Waals surface area contributed by atoms with Crippen LogP contribution in [0, 0.1) is 5.92 Å². The molecule has 1 fully saturated rings. The maximum atomic E-state index is 6.34. The Morgan fingerprint density at radius 3 is 3.00 bits per heavy atom. The van der Waals surface area contributed by atoms with Crippen LogP contribution in [-0.4, -0.2) is 9.97 Å². The van der Waals surface area contributed by atoms with Gasteiger partial charge in [-0.25, -0.2) is 0 Å². The summed E-state index contributed by atoms with van der Waals surface area (Å²) in [6.07, 6.45) is 9.77. The van der Waals surface area contributed by atoms with Gasteiger partial charge in [-0.1, -0.05) is 13.3 Å². The van der Waals surface area contributed by atoms with Gasteiger partial charge in [-0.15, -0.1) is 0 Å². The highest BCUT2D eigenvalue weighted by Gasteiger charge is 2.37. The van der Waals surface area contributed by atoms with Gasteiger partial charge in [-0.05, 0) is 25.2 Å². The molecule has 1 aliphatic carbocycles. The first-order valence-electron chi connectivity index (χ1n) is 5.30. The first kappa shape index (κ1) is 9.59. The number of hydrogen-bond donors (Lipinski definition) is 1. The van der Waals surface area contributed by atoms with Crippen molar-refractivity contribution in [3.8, 4) is 0 Å². The molecule has 0 bridgehead atoms. The maximum absolute atomic E-state index is 6.34. The Hall–Kier alpha value is -0.960. The third-order valence-corrected chi connectivity index (χ3v) is 3.30. The fourth-order valence-electron chi connectivity index (χ4n) is 2.32. The van der Waals surface area contributed by atoms with Crippen LogP contribution in [0.3, 0.4) is 0 Å². The van der Waals surface area contributed by atoms with E-state index in [1.54, 1.807) is 18.6 Å². The second kappa shape index (κ2) is 3.65. The van der Waals surface area contributed by atoms with E-state index in [0.717, 1.165) is 24.5 Å². The summed E-state index contributed by atoms with van der Waals surface area (Å²) >= 11 is 0. The van der Waals surface area contributed by atoms with Crippen LogP contribution in [0.2, 0.25) is 0 Å². The zero-order chi connectivity index (χ0) is 10.0. The van der Waals surface area contributed by atoms with Crippen LogP contribution in [0.5, 0.6) is 0 Å². The molecule has 1 aliphatic rings. The van der Waals surface area contributed by atoms with Crippen molar-refractivity contribution >= 4 is 0 Å². The highest BCUT2D eigenvalue weighted by molar-refractivity contribution is 5.13. The van der Waals surface area contributed by atoms with E-state index in [2.05, 4.69) is 16.9 Å². The second-order valence-corrected chi connectivity index (χ2v) is 4.26. The van der Waals surface area contributed by atoms with Gasteiger partial charge in [0.25, 0.3) is 0 Å². The first-order valence-corrected chi connectivity index (χ1v) is 5.30. The molecule has 2 unspecified atom stereocenters. The summed E-state index contributed by atoms with van der Waals surface area (Å²) in [5.41, 5.74) is 7.09. The summed E-state index contributed by atoms with van der Waals surface area (Å²) in [7, 11) is 0. The molecule has 1 saturated carbocycles. The molecule has 2 N–H and O–H groups in total. The Bertz CT molecular complexity index is 299. The van der Waals surface area contributed by atoms with Crippen molar-refractivity contribution in [2.75, 3.05) is 0 Å². The van der Waals surface area contributed by atoms with Crippen molar-refractivity contribution in [1.82, 2.24) is 9.97 Å². The second-order valence-electron chi connectivity index (χ2n) is 4.26. The minimum atomic E-state index is -0.213. The summed E-state index contributed by atoms with van der Waals surface area (Å²) in [4.78, 5) is 8.40. The van der Waals surface area contributed by atoms with Gasteiger partial charge in [0.1, 0.15) is 0 Å². The number of rotatable bonds is 2. The average Bonchev–Trinajstić information content (AvgIpc) is 2.63. The lowest BCUT2D eigenvalue weighted by atomic mass is 9.93. The molecular formula is C11H17N3. The van der Waals surface area contributed by atoms with Crippen molar-refractivity contribution in [1.29, 1.82) is 0 Å². The van der Waals surface area contributed by atoms with Crippen LogP contribution in [0.15, 0.2) is 18.6 Å². The molecule has 3 heteroatoms. The summed E-state index contributed by atoms with van der Waals surface area (Å²) < 4.78 is 0. The largest absolute Gasteiger partial charge is 0.320 e.